The van der Waals surface area contributed by atoms with Crippen LogP contribution in [-0.2, 0) is 22.4 Å². The number of ether oxygens (including phenoxy) is 1. The van der Waals surface area contributed by atoms with Crippen LogP contribution in [0.2, 0.25) is 10.0 Å². The van der Waals surface area contributed by atoms with Crippen molar-refractivity contribution in [2.24, 2.45) is 0 Å². The average molecular weight is 561 g/mol. The van der Waals surface area contributed by atoms with Gasteiger partial charge in [0.1, 0.15) is 5.82 Å². The molecule has 0 fully saturated rings. The summed E-state index contributed by atoms with van der Waals surface area (Å²) in [4.78, 5) is 18.1. The van der Waals surface area contributed by atoms with Crippen molar-refractivity contribution in [3.05, 3.63) is 69.0 Å². The lowest BCUT2D eigenvalue weighted by Gasteiger charge is -2.22. The number of carbonyl (C=O) groups is 1. The maximum atomic E-state index is 13.3. The number of pyridine rings is 1. The fraction of sp³-hybridized carbons (Fsp3) is 0.483. The summed E-state index contributed by atoms with van der Waals surface area (Å²) in [6, 6.07) is 9.19. The molecule has 0 saturated carbocycles. The van der Waals surface area contributed by atoms with Crippen LogP contribution in [-0.4, -0.2) is 41.9 Å². The molecule has 1 aromatic carbocycles. The van der Waals surface area contributed by atoms with Crippen LogP contribution in [0.4, 0.5) is 5.82 Å². The standard InChI is InChI=1S/C29H39Cl2N5O2/c1-5-26(20-14-21(30)16-22(31)15-20)36-28(37)24(25(32)18-38-29(2,3)4)17-33-12-7-9-23-11-10-19-8-6-13-34-27(19)35-23/h10-11,14-17,26,32-33H,5-9,12-13,18H2,1-4H3,(H,34,35)(H,36,37)/b24-17+,32-25?. The summed E-state index contributed by atoms with van der Waals surface area (Å²) < 4.78 is 5.78. The summed E-state index contributed by atoms with van der Waals surface area (Å²) in [5.41, 5.74) is 3.04. The van der Waals surface area contributed by atoms with Crippen molar-refractivity contribution in [1.82, 2.24) is 15.6 Å². The van der Waals surface area contributed by atoms with Crippen LogP contribution in [0, 0.1) is 5.41 Å². The number of aryl methyl sites for hydroxylation is 2. The third kappa shape index (κ3) is 9.29. The first-order valence-electron chi connectivity index (χ1n) is 13.2. The molecule has 2 aromatic rings. The summed E-state index contributed by atoms with van der Waals surface area (Å²) >= 11 is 12.4. The van der Waals surface area contributed by atoms with E-state index in [1.165, 1.54) is 5.56 Å². The molecule has 1 aliphatic rings. The normalized spacial score (nSPS) is 14.3. The second kappa shape index (κ2) is 14.0. The van der Waals surface area contributed by atoms with Crippen LogP contribution in [0.5, 0.6) is 0 Å². The van der Waals surface area contributed by atoms with Gasteiger partial charge in [-0.05, 0) is 88.3 Å². The van der Waals surface area contributed by atoms with Crippen LogP contribution >= 0.6 is 23.2 Å². The predicted molar refractivity (Wildman–Crippen MR) is 157 cm³/mol. The number of anilines is 1. The molecule has 0 bridgehead atoms. The summed E-state index contributed by atoms with van der Waals surface area (Å²) in [7, 11) is 0. The number of halogens is 2. The highest BCUT2D eigenvalue weighted by Gasteiger charge is 2.22. The predicted octanol–water partition coefficient (Wildman–Crippen LogP) is 6.25. The molecule has 0 aliphatic carbocycles. The number of nitrogens with zero attached hydrogens (tertiary/aromatic N) is 1. The summed E-state index contributed by atoms with van der Waals surface area (Å²) in [5, 5.41) is 19.2. The number of aromatic nitrogens is 1. The fourth-order valence-corrected chi connectivity index (χ4v) is 4.69. The Labute approximate surface area is 236 Å². The topological polar surface area (TPSA) is 99.1 Å². The zero-order valence-corrected chi connectivity index (χ0v) is 24.2. The van der Waals surface area contributed by atoms with Crippen LogP contribution in [0.15, 0.2) is 42.1 Å². The number of benzene rings is 1. The summed E-state index contributed by atoms with van der Waals surface area (Å²) in [5.74, 6) is 0.643. The van der Waals surface area contributed by atoms with E-state index in [2.05, 4.69) is 28.1 Å². The van der Waals surface area contributed by atoms with Gasteiger partial charge in [0, 0.05) is 35.0 Å². The lowest BCUT2D eigenvalue weighted by molar-refractivity contribution is -0.117. The molecule has 4 N–H and O–H groups in total. The first-order valence-corrected chi connectivity index (χ1v) is 14.0. The lowest BCUT2D eigenvalue weighted by Crippen LogP contribution is -2.35. The highest BCUT2D eigenvalue weighted by Crippen LogP contribution is 2.26. The lowest BCUT2D eigenvalue weighted by atomic mass is 10.0. The Hall–Kier alpha value is -2.61. The third-order valence-electron chi connectivity index (χ3n) is 6.17. The molecule has 1 amide bonds. The highest BCUT2D eigenvalue weighted by atomic mass is 35.5. The zero-order valence-electron chi connectivity index (χ0n) is 22.7. The monoisotopic (exact) mass is 559 g/mol. The van der Waals surface area contributed by atoms with Crippen molar-refractivity contribution in [3.8, 4) is 0 Å². The molecule has 38 heavy (non-hydrogen) atoms. The number of amides is 1. The van der Waals surface area contributed by atoms with Gasteiger partial charge in [-0.15, -0.1) is 0 Å². The van der Waals surface area contributed by atoms with Gasteiger partial charge in [0.15, 0.2) is 0 Å². The van der Waals surface area contributed by atoms with Gasteiger partial charge in [-0.1, -0.05) is 36.2 Å². The number of hydrogen-bond acceptors (Lipinski definition) is 6. The van der Waals surface area contributed by atoms with E-state index in [0.29, 0.717) is 23.0 Å². The smallest absolute Gasteiger partial charge is 0.255 e. The van der Waals surface area contributed by atoms with Gasteiger partial charge >= 0.3 is 0 Å². The van der Waals surface area contributed by atoms with Crippen molar-refractivity contribution in [2.45, 2.75) is 71.4 Å². The molecule has 0 spiro atoms. The molecular formula is C29H39Cl2N5O2. The first kappa shape index (κ1) is 29.9. The van der Waals surface area contributed by atoms with Gasteiger partial charge in [-0.25, -0.2) is 4.98 Å². The van der Waals surface area contributed by atoms with E-state index in [-0.39, 0.29) is 29.8 Å². The van der Waals surface area contributed by atoms with Gasteiger partial charge < -0.3 is 26.1 Å². The maximum absolute atomic E-state index is 13.3. The molecule has 3 rings (SSSR count). The molecule has 1 atom stereocenters. The molecular weight excluding hydrogens is 521 g/mol. The van der Waals surface area contributed by atoms with Crippen molar-refractivity contribution in [3.63, 3.8) is 0 Å². The Morgan fingerprint density at radius 1 is 1.24 bits per heavy atom. The third-order valence-corrected chi connectivity index (χ3v) is 6.61. The van der Waals surface area contributed by atoms with Crippen molar-refractivity contribution in [2.75, 3.05) is 25.0 Å². The largest absolute Gasteiger partial charge is 0.390 e. The average Bonchev–Trinajstić information content (AvgIpc) is 2.86. The van der Waals surface area contributed by atoms with Gasteiger partial charge in [0.25, 0.3) is 5.91 Å². The van der Waals surface area contributed by atoms with E-state index in [9.17, 15) is 4.79 Å². The van der Waals surface area contributed by atoms with Crippen molar-refractivity contribution >= 4 is 40.6 Å². The molecule has 1 aliphatic heterocycles. The Kier molecular flexibility index (Phi) is 11.0. The van der Waals surface area contributed by atoms with Crippen molar-refractivity contribution < 1.29 is 9.53 Å². The van der Waals surface area contributed by atoms with E-state index in [0.717, 1.165) is 49.3 Å². The van der Waals surface area contributed by atoms with Gasteiger partial charge in [-0.2, -0.15) is 0 Å². The number of carbonyl (C=O) groups excluding carboxylic acids is 1. The minimum absolute atomic E-state index is 0.0241. The van der Waals surface area contributed by atoms with Crippen LogP contribution in [0.3, 0.4) is 0 Å². The molecule has 1 aromatic heterocycles. The van der Waals surface area contributed by atoms with Crippen LogP contribution in [0.1, 0.15) is 69.8 Å². The van der Waals surface area contributed by atoms with Gasteiger partial charge in [0.2, 0.25) is 0 Å². The second-order valence-corrected chi connectivity index (χ2v) is 11.3. The highest BCUT2D eigenvalue weighted by molar-refractivity contribution is 6.34. The van der Waals surface area contributed by atoms with Gasteiger partial charge in [-0.3, -0.25) is 4.79 Å². The fourth-order valence-electron chi connectivity index (χ4n) is 4.14. The van der Waals surface area contributed by atoms with Crippen LogP contribution in [0.25, 0.3) is 0 Å². The van der Waals surface area contributed by atoms with E-state index in [1.54, 1.807) is 24.4 Å². The zero-order chi connectivity index (χ0) is 27.7. The number of hydrogen-bond donors (Lipinski definition) is 4. The van der Waals surface area contributed by atoms with E-state index >= 15 is 0 Å². The van der Waals surface area contributed by atoms with E-state index in [4.69, 9.17) is 38.3 Å². The second-order valence-electron chi connectivity index (χ2n) is 10.5. The van der Waals surface area contributed by atoms with Gasteiger partial charge in [0.05, 0.1) is 29.5 Å². The van der Waals surface area contributed by atoms with E-state index < -0.39 is 5.60 Å². The molecule has 0 radical (unpaired) electrons. The summed E-state index contributed by atoms with van der Waals surface area (Å²) in [6.07, 6.45) is 6.11. The number of rotatable bonds is 12. The van der Waals surface area contributed by atoms with Crippen LogP contribution < -0.4 is 16.0 Å². The Bertz CT molecular complexity index is 1140. The van der Waals surface area contributed by atoms with Crippen molar-refractivity contribution in [1.29, 1.82) is 5.41 Å². The Morgan fingerprint density at radius 3 is 2.66 bits per heavy atom. The molecule has 7 nitrogen and oxygen atoms in total. The first-order chi connectivity index (χ1) is 18.1. The molecule has 1 unspecified atom stereocenters. The van der Waals surface area contributed by atoms with E-state index in [1.807, 2.05) is 27.7 Å². The molecule has 206 valence electrons. The molecule has 2 heterocycles. The number of fused-ring (bicyclic) bond motifs is 1. The Morgan fingerprint density at radius 2 is 1.97 bits per heavy atom. The minimum Gasteiger partial charge on any atom is -0.390 e. The Balaban J connectivity index is 1.65. The number of nitrogens with one attached hydrogen (secondary N) is 4. The maximum Gasteiger partial charge on any atom is 0.255 e. The summed E-state index contributed by atoms with van der Waals surface area (Å²) in [6.45, 7) is 9.36. The molecule has 9 heteroatoms. The molecule has 0 saturated heterocycles. The quantitative estimate of drug-likeness (QED) is 0.140. The SMILES string of the molecule is CCC(NC(=O)/C(=C/NCCCc1ccc2c(n1)NCCC2)C(=N)COC(C)(C)C)c1cc(Cl)cc(Cl)c1. The minimum atomic E-state index is -0.429.